The van der Waals surface area contributed by atoms with E-state index in [-0.39, 0.29) is 6.54 Å². The van der Waals surface area contributed by atoms with Crippen molar-refractivity contribution in [1.29, 1.82) is 0 Å². The number of nitrogens with one attached hydrogen (secondary N) is 1. The largest absolute Gasteiger partial charge is 0.444 e. The van der Waals surface area contributed by atoms with Crippen LogP contribution in [0.5, 0.6) is 0 Å². The Kier molecular flexibility index (Phi) is 5.12. The molecule has 0 aliphatic rings. The molecule has 5 nitrogen and oxygen atoms in total. The first-order chi connectivity index (χ1) is 12.7. The van der Waals surface area contributed by atoms with Crippen LogP contribution in [-0.4, -0.2) is 27.8 Å². The molecule has 7 heteroatoms. The Labute approximate surface area is 156 Å². The van der Waals surface area contributed by atoms with E-state index in [0.717, 1.165) is 0 Å². The summed E-state index contributed by atoms with van der Waals surface area (Å²) >= 11 is 0. The third-order valence-electron chi connectivity index (χ3n) is 3.77. The van der Waals surface area contributed by atoms with Gasteiger partial charge in [-0.25, -0.2) is 18.6 Å². The van der Waals surface area contributed by atoms with E-state index < -0.39 is 23.3 Å². The van der Waals surface area contributed by atoms with E-state index in [1.165, 1.54) is 24.3 Å². The lowest BCUT2D eigenvalue weighted by Crippen LogP contribution is -2.33. The summed E-state index contributed by atoms with van der Waals surface area (Å²) in [5, 5.41) is 2.67. The van der Waals surface area contributed by atoms with Crippen molar-refractivity contribution in [2.24, 2.45) is 0 Å². The third-order valence-corrected chi connectivity index (χ3v) is 3.77. The molecule has 1 amide bonds. The highest BCUT2D eigenvalue weighted by molar-refractivity contribution is 5.78. The van der Waals surface area contributed by atoms with E-state index in [1.54, 1.807) is 43.5 Å². The number of halogens is 2. The van der Waals surface area contributed by atoms with E-state index in [0.29, 0.717) is 29.0 Å². The summed E-state index contributed by atoms with van der Waals surface area (Å²) in [6.45, 7) is 5.62. The molecular weight excluding hydrogens is 352 g/mol. The second-order valence-corrected chi connectivity index (χ2v) is 7.16. The van der Waals surface area contributed by atoms with Gasteiger partial charge in [-0.05, 0) is 51.1 Å². The summed E-state index contributed by atoms with van der Waals surface area (Å²) in [5.41, 5.74) is 1.08. The SMILES string of the molecule is CC(C)(C)OC(=O)NCCc1nc2ccc(F)cc2n1-c1cccc(F)c1. The van der Waals surface area contributed by atoms with Crippen LogP contribution in [0.3, 0.4) is 0 Å². The minimum atomic E-state index is -0.587. The van der Waals surface area contributed by atoms with E-state index in [9.17, 15) is 13.6 Å². The first-order valence-electron chi connectivity index (χ1n) is 8.62. The summed E-state index contributed by atoms with van der Waals surface area (Å²) in [4.78, 5) is 16.3. The van der Waals surface area contributed by atoms with Gasteiger partial charge in [-0.1, -0.05) is 6.07 Å². The molecule has 1 N–H and O–H groups in total. The monoisotopic (exact) mass is 373 g/mol. The summed E-state index contributed by atoms with van der Waals surface area (Å²) in [5.74, 6) is -0.223. The maximum absolute atomic E-state index is 13.7. The molecule has 0 aliphatic carbocycles. The van der Waals surface area contributed by atoms with Gasteiger partial charge in [0.25, 0.3) is 0 Å². The number of fused-ring (bicyclic) bond motifs is 1. The Morgan fingerprint density at radius 2 is 1.89 bits per heavy atom. The number of alkyl carbamates (subject to hydrolysis) is 1. The molecule has 0 aliphatic heterocycles. The minimum absolute atomic E-state index is 0.274. The highest BCUT2D eigenvalue weighted by Gasteiger charge is 2.17. The fourth-order valence-corrected chi connectivity index (χ4v) is 2.76. The van der Waals surface area contributed by atoms with Gasteiger partial charge in [0.2, 0.25) is 0 Å². The van der Waals surface area contributed by atoms with Gasteiger partial charge in [-0.15, -0.1) is 0 Å². The Morgan fingerprint density at radius 3 is 2.59 bits per heavy atom. The van der Waals surface area contributed by atoms with Gasteiger partial charge in [0.1, 0.15) is 23.1 Å². The number of carbonyl (C=O) groups excluding carboxylic acids is 1. The molecule has 0 fully saturated rings. The van der Waals surface area contributed by atoms with E-state index >= 15 is 0 Å². The maximum Gasteiger partial charge on any atom is 0.407 e. The highest BCUT2D eigenvalue weighted by Crippen LogP contribution is 2.23. The number of ether oxygens (including phenoxy) is 1. The minimum Gasteiger partial charge on any atom is -0.444 e. The smallest absolute Gasteiger partial charge is 0.407 e. The van der Waals surface area contributed by atoms with Crippen molar-refractivity contribution in [3.05, 3.63) is 59.9 Å². The van der Waals surface area contributed by atoms with Gasteiger partial charge < -0.3 is 10.1 Å². The Balaban J connectivity index is 1.89. The van der Waals surface area contributed by atoms with Gasteiger partial charge in [-0.3, -0.25) is 4.57 Å². The first-order valence-corrected chi connectivity index (χ1v) is 8.62. The van der Waals surface area contributed by atoms with E-state index in [2.05, 4.69) is 10.3 Å². The fraction of sp³-hybridized carbons (Fsp3) is 0.300. The molecule has 0 saturated heterocycles. The summed E-state index contributed by atoms with van der Waals surface area (Å²) in [7, 11) is 0. The fourth-order valence-electron chi connectivity index (χ4n) is 2.76. The molecule has 142 valence electrons. The van der Waals surface area contributed by atoms with Gasteiger partial charge >= 0.3 is 6.09 Å². The molecule has 0 atom stereocenters. The van der Waals surface area contributed by atoms with Crippen molar-refractivity contribution in [2.75, 3.05) is 6.54 Å². The summed E-state index contributed by atoms with van der Waals surface area (Å²) in [6, 6.07) is 10.3. The second kappa shape index (κ2) is 7.34. The molecule has 2 aromatic carbocycles. The molecule has 0 bridgehead atoms. The zero-order valence-corrected chi connectivity index (χ0v) is 15.4. The molecule has 0 saturated carbocycles. The van der Waals surface area contributed by atoms with E-state index in [1.807, 2.05) is 0 Å². The Bertz CT molecular complexity index is 977. The van der Waals surface area contributed by atoms with Crippen molar-refractivity contribution in [2.45, 2.75) is 32.8 Å². The normalized spacial score (nSPS) is 11.6. The third kappa shape index (κ3) is 4.61. The number of hydrogen-bond donors (Lipinski definition) is 1. The Morgan fingerprint density at radius 1 is 1.15 bits per heavy atom. The summed E-state index contributed by atoms with van der Waals surface area (Å²) < 4.78 is 34.3. The number of rotatable bonds is 4. The molecule has 27 heavy (non-hydrogen) atoms. The van der Waals surface area contributed by atoms with Crippen LogP contribution in [0, 0.1) is 11.6 Å². The van der Waals surface area contributed by atoms with Crippen LogP contribution in [0.25, 0.3) is 16.7 Å². The molecular formula is C20H21F2N3O2. The van der Waals surface area contributed by atoms with Crippen molar-refractivity contribution in [1.82, 2.24) is 14.9 Å². The lowest BCUT2D eigenvalue weighted by Gasteiger charge is -2.19. The standard InChI is InChI=1S/C20H21F2N3O2/c1-20(2,3)27-19(26)23-10-9-18-24-16-8-7-14(22)12-17(16)25(18)15-6-4-5-13(21)11-15/h4-8,11-12H,9-10H2,1-3H3,(H,23,26). The second-order valence-electron chi connectivity index (χ2n) is 7.16. The molecule has 0 spiro atoms. The average Bonchev–Trinajstić information content (AvgIpc) is 2.90. The molecule has 0 radical (unpaired) electrons. The van der Waals surface area contributed by atoms with Gasteiger partial charge in [-0.2, -0.15) is 0 Å². The van der Waals surface area contributed by atoms with Crippen molar-refractivity contribution >= 4 is 17.1 Å². The van der Waals surface area contributed by atoms with Crippen LogP contribution in [0.2, 0.25) is 0 Å². The predicted molar refractivity (Wildman–Crippen MR) is 98.9 cm³/mol. The number of benzene rings is 2. The predicted octanol–water partition coefficient (Wildman–Crippen LogP) is 4.37. The molecule has 3 rings (SSSR count). The van der Waals surface area contributed by atoms with Crippen molar-refractivity contribution in [3.63, 3.8) is 0 Å². The van der Waals surface area contributed by atoms with E-state index in [4.69, 9.17) is 4.74 Å². The van der Waals surface area contributed by atoms with Gasteiger partial charge in [0.05, 0.1) is 16.7 Å². The van der Waals surface area contributed by atoms with Crippen molar-refractivity contribution in [3.8, 4) is 5.69 Å². The van der Waals surface area contributed by atoms with Gasteiger partial charge in [0, 0.05) is 19.0 Å². The molecule has 0 unspecified atom stereocenters. The average molecular weight is 373 g/mol. The topological polar surface area (TPSA) is 56.1 Å². The van der Waals surface area contributed by atoms with Crippen LogP contribution in [0.15, 0.2) is 42.5 Å². The number of hydrogen-bond acceptors (Lipinski definition) is 3. The Hall–Kier alpha value is -2.96. The van der Waals surface area contributed by atoms with Gasteiger partial charge in [0.15, 0.2) is 0 Å². The highest BCUT2D eigenvalue weighted by atomic mass is 19.1. The zero-order chi connectivity index (χ0) is 19.6. The number of imidazole rings is 1. The van der Waals surface area contributed by atoms with Crippen LogP contribution < -0.4 is 5.32 Å². The lowest BCUT2D eigenvalue weighted by atomic mass is 10.2. The van der Waals surface area contributed by atoms with Crippen molar-refractivity contribution < 1.29 is 18.3 Å². The number of carbonyl (C=O) groups is 1. The van der Waals surface area contributed by atoms with Crippen LogP contribution in [-0.2, 0) is 11.2 Å². The first kappa shape index (κ1) is 18.8. The maximum atomic E-state index is 13.7. The number of nitrogens with zero attached hydrogens (tertiary/aromatic N) is 2. The lowest BCUT2D eigenvalue weighted by molar-refractivity contribution is 0.0528. The zero-order valence-electron chi connectivity index (χ0n) is 15.4. The molecule has 1 aromatic heterocycles. The quantitative estimate of drug-likeness (QED) is 0.739. The summed E-state index contributed by atoms with van der Waals surface area (Å²) in [6.07, 6.45) is -0.159. The van der Waals surface area contributed by atoms with Crippen LogP contribution in [0.1, 0.15) is 26.6 Å². The number of aromatic nitrogens is 2. The number of amides is 1. The molecule has 3 aromatic rings. The van der Waals surface area contributed by atoms with Crippen LogP contribution >= 0.6 is 0 Å². The molecule has 1 heterocycles. The van der Waals surface area contributed by atoms with Crippen LogP contribution in [0.4, 0.5) is 13.6 Å².